The van der Waals surface area contributed by atoms with E-state index in [0.29, 0.717) is 0 Å². The van der Waals surface area contributed by atoms with E-state index in [9.17, 15) is 4.79 Å². The zero-order valence-electron chi connectivity index (χ0n) is 7.78. The van der Waals surface area contributed by atoms with Gasteiger partial charge in [-0.3, -0.25) is 4.79 Å². The summed E-state index contributed by atoms with van der Waals surface area (Å²) in [5, 5.41) is 0. The Bertz CT molecular complexity index is 184. The molecule has 1 saturated heterocycles. The van der Waals surface area contributed by atoms with E-state index in [-0.39, 0.29) is 24.0 Å². The third kappa shape index (κ3) is 1.44. The van der Waals surface area contributed by atoms with E-state index in [4.69, 9.17) is 5.73 Å². The number of nitrogens with two attached hydrogens (primary N) is 1. The van der Waals surface area contributed by atoms with Crippen LogP contribution in [0.1, 0.15) is 6.92 Å². The molecule has 0 bridgehead atoms. The van der Waals surface area contributed by atoms with Crippen molar-refractivity contribution in [3.8, 4) is 0 Å². The van der Waals surface area contributed by atoms with Crippen LogP contribution in [0.5, 0.6) is 0 Å². The Morgan fingerprint density at radius 2 is 2.25 bits per heavy atom. The van der Waals surface area contributed by atoms with E-state index in [0.717, 1.165) is 6.54 Å². The molecular weight excluding hydrogens is 156 g/mol. The van der Waals surface area contributed by atoms with Gasteiger partial charge in [0.1, 0.15) is 0 Å². The van der Waals surface area contributed by atoms with Crippen LogP contribution in [-0.2, 0) is 9.53 Å². The molecule has 4 nitrogen and oxygen atoms in total. The van der Waals surface area contributed by atoms with E-state index in [2.05, 4.69) is 9.64 Å². The average Bonchev–Trinajstić information content (AvgIpc) is 2.26. The number of likely N-dealkylation sites (N-methyl/N-ethyl adjacent to an activating group) is 1. The number of ether oxygens (including phenoxy) is 1. The zero-order valence-corrected chi connectivity index (χ0v) is 7.78. The number of esters is 1. The second-order valence-corrected chi connectivity index (χ2v) is 3.39. The second kappa shape index (κ2) is 3.41. The standard InChI is InChI=1S/C8H16N2O2/c1-5-7(8(11)12-3)6(9)4-10(5)2/h5-7H,4,9H2,1-3H3. The van der Waals surface area contributed by atoms with Crippen molar-refractivity contribution in [1.82, 2.24) is 4.90 Å². The van der Waals surface area contributed by atoms with Crippen molar-refractivity contribution in [3.05, 3.63) is 0 Å². The fourth-order valence-corrected chi connectivity index (χ4v) is 1.75. The number of hydrogen-bond acceptors (Lipinski definition) is 4. The summed E-state index contributed by atoms with van der Waals surface area (Å²) in [5.41, 5.74) is 5.79. The van der Waals surface area contributed by atoms with Gasteiger partial charge in [0.15, 0.2) is 0 Å². The zero-order chi connectivity index (χ0) is 9.30. The first-order valence-corrected chi connectivity index (χ1v) is 4.11. The highest BCUT2D eigenvalue weighted by Crippen LogP contribution is 2.22. The molecule has 1 aliphatic rings. The lowest BCUT2D eigenvalue weighted by molar-refractivity contribution is -0.146. The van der Waals surface area contributed by atoms with Crippen LogP contribution in [0.4, 0.5) is 0 Å². The minimum absolute atomic E-state index is 0.0857. The Morgan fingerprint density at radius 1 is 1.67 bits per heavy atom. The monoisotopic (exact) mass is 172 g/mol. The average molecular weight is 172 g/mol. The second-order valence-electron chi connectivity index (χ2n) is 3.39. The van der Waals surface area contributed by atoms with Crippen LogP contribution in [-0.4, -0.2) is 43.7 Å². The number of likely N-dealkylation sites (tertiary alicyclic amines) is 1. The molecule has 2 N–H and O–H groups in total. The first-order chi connectivity index (χ1) is 5.57. The molecule has 1 aliphatic heterocycles. The highest BCUT2D eigenvalue weighted by molar-refractivity contribution is 5.74. The lowest BCUT2D eigenvalue weighted by atomic mass is 9.98. The Balaban J connectivity index is 2.69. The maximum Gasteiger partial charge on any atom is 0.311 e. The third-order valence-corrected chi connectivity index (χ3v) is 2.65. The lowest BCUT2D eigenvalue weighted by Crippen LogP contribution is -2.37. The Morgan fingerprint density at radius 3 is 2.58 bits per heavy atom. The van der Waals surface area contributed by atoms with Gasteiger partial charge in [0.25, 0.3) is 0 Å². The van der Waals surface area contributed by atoms with Crippen LogP contribution in [0.15, 0.2) is 0 Å². The molecule has 1 rings (SSSR count). The van der Waals surface area contributed by atoms with Gasteiger partial charge < -0.3 is 15.4 Å². The maximum absolute atomic E-state index is 11.3. The van der Waals surface area contributed by atoms with Crippen molar-refractivity contribution < 1.29 is 9.53 Å². The molecule has 1 fully saturated rings. The minimum atomic E-state index is -0.195. The van der Waals surface area contributed by atoms with Gasteiger partial charge in [0, 0.05) is 18.6 Å². The van der Waals surface area contributed by atoms with Crippen molar-refractivity contribution >= 4 is 5.97 Å². The molecule has 0 aromatic rings. The number of carbonyl (C=O) groups is 1. The van der Waals surface area contributed by atoms with Gasteiger partial charge >= 0.3 is 5.97 Å². The van der Waals surface area contributed by atoms with E-state index < -0.39 is 0 Å². The molecule has 0 amide bonds. The Kier molecular flexibility index (Phi) is 2.69. The fourth-order valence-electron chi connectivity index (χ4n) is 1.75. The van der Waals surface area contributed by atoms with Crippen LogP contribution in [0.2, 0.25) is 0 Å². The first kappa shape index (κ1) is 9.48. The molecule has 0 aromatic carbocycles. The number of methoxy groups -OCH3 is 1. The van der Waals surface area contributed by atoms with E-state index >= 15 is 0 Å². The minimum Gasteiger partial charge on any atom is -0.469 e. The predicted molar refractivity (Wildman–Crippen MR) is 45.6 cm³/mol. The van der Waals surface area contributed by atoms with E-state index in [1.54, 1.807) is 0 Å². The topological polar surface area (TPSA) is 55.6 Å². The van der Waals surface area contributed by atoms with Gasteiger partial charge in [0.2, 0.25) is 0 Å². The summed E-state index contributed by atoms with van der Waals surface area (Å²) < 4.78 is 4.68. The Labute approximate surface area is 72.7 Å². The number of rotatable bonds is 1. The molecule has 0 radical (unpaired) electrons. The molecule has 0 saturated carbocycles. The summed E-state index contributed by atoms with van der Waals surface area (Å²) >= 11 is 0. The van der Waals surface area contributed by atoms with Crippen molar-refractivity contribution in [1.29, 1.82) is 0 Å². The van der Waals surface area contributed by atoms with Gasteiger partial charge in [-0.2, -0.15) is 0 Å². The summed E-state index contributed by atoms with van der Waals surface area (Å²) in [7, 11) is 3.37. The molecule has 70 valence electrons. The van der Waals surface area contributed by atoms with Gasteiger partial charge in [-0.25, -0.2) is 0 Å². The van der Waals surface area contributed by atoms with Crippen molar-refractivity contribution in [2.45, 2.75) is 19.0 Å². The highest BCUT2D eigenvalue weighted by Gasteiger charge is 2.40. The van der Waals surface area contributed by atoms with Crippen LogP contribution in [0.3, 0.4) is 0 Å². The van der Waals surface area contributed by atoms with Crippen molar-refractivity contribution in [2.24, 2.45) is 11.7 Å². The highest BCUT2D eigenvalue weighted by atomic mass is 16.5. The van der Waals surface area contributed by atoms with Gasteiger partial charge in [-0.15, -0.1) is 0 Å². The van der Waals surface area contributed by atoms with E-state index in [1.807, 2.05) is 14.0 Å². The van der Waals surface area contributed by atoms with Crippen LogP contribution in [0, 0.1) is 5.92 Å². The molecule has 3 unspecified atom stereocenters. The number of nitrogens with zero attached hydrogens (tertiary/aromatic N) is 1. The molecular formula is C8H16N2O2. The molecule has 4 heteroatoms. The largest absolute Gasteiger partial charge is 0.469 e. The summed E-state index contributed by atoms with van der Waals surface area (Å²) in [6, 6.07) is 0.102. The Hall–Kier alpha value is -0.610. The van der Waals surface area contributed by atoms with Crippen molar-refractivity contribution in [2.75, 3.05) is 20.7 Å². The SMILES string of the molecule is COC(=O)C1C(N)CN(C)C1C. The maximum atomic E-state index is 11.3. The van der Waals surface area contributed by atoms with Crippen LogP contribution in [0.25, 0.3) is 0 Å². The van der Waals surface area contributed by atoms with Crippen LogP contribution < -0.4 is 5.73 Å². The summed E-state index contributed by atoms with van der Waals surface area (Å²) in [6.45, 7) is 2.76. The quantitative estimate of drug-likeness (QED) is 0.538. The van der Waals surface area contributed by atoms with Crippen molar-refractivity contribution in [3.63, 3.8) is 0 Å². The fraction of sp³-hybridized carbons (Fsp3) is 0.875. The lowest BCUT2D eigenvalue weighted by Gasteiger charge is -2.18. The summed E-state index contributed by atoms with van der Waals surface area (Å²) in [6.07, 6.45) is 0. The smallest absolute Gasteiger partial charge is 0.311 e. The first-order valence-electron chi connectivity index (χ1n) is 4.11. The van der Waals surface area contributed by atoms with Gasteiger partial charge in [-0.05, 0) is 14.0 Å². The normalized spacial score (nSPS) is 36.8. The van der Waals surface area contributed by atoms with Gasteiger partial charge in [0.05, 0.1) is 13.0 Å². The number of hydrogen-bond donors (Lipinski definition) is 1. The van der Waals surface area contributed by atoms with Gasteiger partial charge in [-0.1, -0.05) is 0 Å². The molecule has 1 heterocycles. The summed E-state index contributed by atoms with van der Waals surface area (Å²) in [5.74, 6) is -0.362. The van der Waals surface area contributed by atoms with E-state index in [1.165, 1.54) is 7.11 Å². The molecule has 0 aromatic heterocycles. The predicted octanol–water partition coefficient (Wildman–Crippen LogP) is -0.563. The molecule has 3 atom stereocenters. The summed E-state index contributed by atoms with van der Waals surface area (Å²) in [4.78, 5) is 13.3. The molecule has 0 spiro atoms. The van der Waals surface area contributed by atoms with Crippen LogP contribution >= 0.6 is 0 Å². The molecule has 12 heavy (non-hydrogen) atoms. The number of carbonyl (C=O) groups excluding carboxylic acids is 1. The third-order valence-electron chi connectivity index (χ3n) is 2.65. The molecule has 0 aliphatic carbocycles.